The number of ether oxygens (including phenoxy) is 1. The predicted molar refractivity (Wildman–Crippen MR) is 518 cm³/mol. The van der Waals surface area contributed by atoms with Gasteiger partial charge in [0.2, 0.25) is 29.5 Å². The fraction of sp³-hybridized carbons (Fsp3) is 0.259. The number of anilines is 4. The second kappa shape index (κ2) is 39.0. The number of aromatic nitrogens is 8. The van der Waals surface area contributed by atoms with Crippen LogP contribution in [0.1, 0.15) is 123 Å². The highest BCUT2D eigenvalue weighted by Gasteiger charge is 2.61. The molecule has 8 unspecified atom stereocenters. The lowest BCUT2D eigenvalue weighted by molar-refractivity contribution is -0.126. The molecule has 2 aliphatic heterocycles. The Bertz CT molecular complexity index is 7590. The zero-order valence-electron chi connectivity index (χ0n) is 75.5. The van der Waals surface area contributed by atoms with Crippen molar-refractivity contribution in [1.29, 1.82) is 0 Å². The molecule has 14 aromatic rings. The standard InChI is InChI=1S/C33H33N5O4.C30H27N5O4.C23H20N2O4.C22H17FN2O3/c1-22-8-7-13-29-35-26(18-30(39)38(22)29)21-36-28-12-6-5-11-27(28)32(41)37(33(36)42)20-24-14-16-25(17-15-24)31(40)34-19-23-9-3-2-4-10-23;36-27-17-23(31-26-11-5-6-16-33(26)27)19-34-25-10-4-3-9-24(25)29(38)35(30(34)39)18-20-12-14-21(15-13-20)28(37)32-22-7-1-2-8-22;1-29-18-5-3-2-4-17(18)24-21(26)13-8-10-16(11-9-13)25-22(27)19-14-6-7-15(12-14)20(19)23(25)28;23-15-5-7-16(8-6-15)24-20(26)12-3-9-17(10-4-12)25-21(27)18-13-1-2-14(11-13)19(18)22(25)28/h2-13,18,24-25H,14-17,19-21H2,1H3,(H,34,40);3-6,9-17,22H,1-2,7-8,18-19H2,(H,32,37);2-11,14-15,19-20H,12H2,1H3,(H,24,26);1-10,13-14,18-19H,11H2,(H,24,26). The first-order valence-electron chi connectivity index (χ1n) is 46.4. The number of nitrogens with one attached hydrogen (secondary N) is 4. The molecule has 8 amide bonds. The lowest BCUT2D eigenvalue weighted by Crippen LogP contribution is -2.42. The van der Waals surface area contributed by atoms with E-state index in [0.29, 0.717) is 109 Å². The van der Waals surface area contributed by atoms with Crippen molar-refractivity contribution in [1.82, 2.24) is 47.7 Å². The van der Waals surface area contributed by atoms with Crippen LogP contribution < -0.4 is 69.4 Å². The molecule has 4 N–H and O–H groups in total. The summed E-state index contributed by atoms with van der Waals surface area (Å²) in [5.41, 5.74) is 6.68. The number of imide groups is 2. The van der Waals surface area contributed by atoms with Crippen molar-refractivity contribution in [3.05, 3.63) is 392 Å². The van der Waals surface area contributed by atoms with Crippen molar-refractivity contribution < 1.29 is 47.5 Å². The fourth-order valence-corrected chi connectivity index (χ4v) is 20.9. The third-order valence-corrected chi connectivity index (χ3v) is 27.9. The topological polar surface area (TPSA) is 357 Å². The molecule has 8 aromatic carbocycles. The van der Waals surface area contributed by atoms with E-state index in [1.165, 1.54) is 73.3 Å². The highest BCUT2D eigenvalue weighted by molar-refractivity contribution is 6.24. The summed E-state index contributed by atoms with van der Waals surface area (Å²) < 4.78 is 26.7. The van der Waals surface area contributed by atoms with Crippen LogP contribution in [0.2, 0.25) is 0 Å². The molecule has 8 atom stereocenters. The summed E-state index contributed by atoms with van der Waals surface area (Å²) in [6.45, 7) is 2.76. The first-order valence-corrected chi connectivity index (χ1v) is 46.4. The molecule has 2 saturated heterocycles. The smallest absolute Gasteiger partial charge is 0.332 e. The molecule has 29 nitrogen and oxygen atoms in total. The van der Waals surface area contributed by atoms with Crippen LogP contribution in [0.15, 0.2) is 308 Å². The average Bonchev–Trinajstić information content (AvgIpc) is 1.56. The monoisotopic (exact) mass is 1850 g/mol. The Kier molecular flexibility index (Phi) is 25.7. The molecule has 8 aliphatic rings. The van der Waals surface area contributed by atoms with Crippen molar-refractivity contribution in [3.63, 3.8) is 0 Å². The molecule has 6 aliphatic carbocycles. The summed E-state index contributed by atoms with van der Waals surface area (Å²) in [7, 11) is 1.54. The van der Waals surface area contributed by atoms with Crippen LogP contribution in [0.25, 0.3) is 33.1 Å². The SMILES string of the molecule is COc1ccccc1NC(=O)c1ccc(N2C(=O)C3C4C=CC(C4)C3C2=O)cc1.Cc1cccc2nc(Cn3c(=O)n(CC4CCC(C(=O)NCc5ccccc5)CC4)c(=O)c4ccccc43)cc(=O)n12.O=C(NC1CCCC1)c1ccc(Cn2c(=O)c3ccccc3n(Cc3cc(=O)n4ccccc4n3)c2=O)cc1.O=C(Nc1ccc(F)cc1)c1ccc(N2C(=O)C3C4C=CC(C4)C3C2=O)cc1. The Labute approximate surface area is 788 Å². The molecular weight excluding hydrogens is 1750 g/mol. The van der Waals surface area contributed by atoms with Gasteiger partial charge in [-0.05, 0) is 245 Å². The van der Waals surface area contributed by atoms with Gasteiger partial charge in [-0.1, -0.05) is 128 Å². The second-order valence-electron chi connectivity index (χ2n) is 36.3. The molecule has 0 spiro atoms. The zero-order chi connectivity index (χ0) is 95.7. The first kappa shape index (κ1) is 90.9. The second-order valence-corrected chi connectivity index (χ2v) is 36.3. The van der Waals surface area contributed by atoms with Crippen molar-refractivity contribution >= 4 is 103 Å². The summed E-state index contributed by atoms with van der Waals surface area (Å²) in [5.74, 6) is -1.28. The van der Waals surface area contributed by atoms with E-state index >= 15 is 0 Å². The maximum atomic E-state index is 13.8. The predicted octanol–water partition coefficient (Wildman–Crippen LogP) is 13.2. The van der Waals surface area contributed by atoms with E-state index in [9.17, 15) is 71.5 Å². The molecule has 4 bridgehead atoms. The third-order valence-electron chi connectivity index (χ3n) is 27.9. The van der Waals surface area contributed by atoms with Crippen LogP contribution in [-0.2, 0) is 56.7 Å². The minimum absolute atomic E-state index is 0.0283. The number of amides is 8. The van der Waals surface area contributed by atoms with Gasteiger partial charge in [0.15, 0.2) is 0 Å². The minimum Gasteiger partial charge on any atom is -0.495 e. The van der Waals surface area contributed by atoms with Gasteiger partial charge in [-0.15, -0.1) is 0 Å². The van der Waals surface area contributed by atoms with E-state index in [1.807, 2.05) is 61.5 Å². The minimum atomic E-state index is -0.503. The summed E-state index contributed by atoms with van der Waals surface area (Å²) in [6.07, 6.45) is 18.9. The maximum Gasteiger partial charge on any atom is 0.332 e. The van der Waals surface area contributed by atoms with Crippen molar-refractivity contribution in [2.75, 3.05) is 27.5 Å². The van der Waals surface area contributed by atoms with Gasteiger partial charge in [0.05, 0.1) is 101 Å². The normalized spacial score (nSPS) is 20.2. The van der Waals surface area contributed by atoms with E-state index in [4.69, 9.17) is 4.74 Å². The first-order chi connectivity index (χ1) is 67.0. The number of hydrogen-bond acceptors (Lipinski definition) is 17. The molecule has 4 saturated carbocycles. The lowest BCUT2D eigenvalue weighted by atomic mass is 9.81. The van der Waals surface area contributed by atoms with E-state index in [0.717, 1.165) is 68.2 Å². The van der Waals surface area contributed by atoms with Gasteiger partial charge < -0.3 is 26.0 Å². The van der Waals surface area contributed by atoms with E-state index in [-0.39, 0.29) is 161 Å². The summed E-state index contributed by atoms with van der Waals surface area (Å²) >= 11 is 0. The highest BCUT2D eigenvalue weighted by atomic mass is 19.1. The number of benzene rings is 8. The molecular formula is C108H97FN14O15. The number of aryl methyl sites for hydroxylation is 1. The molecule has 22 rings (SSSR count). The van der Waals surface area contributed by atoms with Gasteiger partial charge in [0, 0.05) is 71.5 Å². The van der Waals surface area contributed by atoms with E-state index in [1.54, 1.807) is 171 Å². The van der Waals surface area contributed by atoms with Crippen molar-refractivity contribution in [3.8, 4) is 5.75 Å². The molecule has 0 radical (unpaired) electrons. The molecule has 138 heavy (non-hydrogen) atoms. The number of pyridine rings is 2. The number of para-hydroxylation sites is 4. The number of allylic oxidation sites excluding steroid dienone is 4. The Morgan fingerprint density at radius 1 is 0.442 bits per heavy atom. The van der Waals surface area contributed by atoms with Crippen LogP contribution in [0, 0.1) is 71.9 Å². The number of carbonyl (C=O) groups excluding carboxylic acids is 8. The van der Waals surface area contributed by atoms with Gasteiger partial charge in [-0.3, -0.25) is 94.4 Å². The number of methoxy groups -OCH3 is 1. The van der Waals surface area contributed by atoms with Crippen LogP contribution in [0.5, 0.6) is 5.75 Å². The number of rotatable bonds is 20. The van der Waals surface area contributed by atoms with Gasteiger partial charge in [0.1, 0.15) is 22.9 Å². The third kappa shape index (κ3) is 18.3. The van der Waals surface area contributed by atoms with Gasteiger partial charge in [0.25, 0.3) is 40.0 Å². The van der Waals surface area contributed by atoms with Crippen molar-refractivity contribution in [2.24, 2.45) is 59.2 Å². The van der Waals surface area contributed by atoms with Gasteiger partial charge in [-0.2, -0.15) is 0 Å². The summed E-state index contributed by atoms with van der Waals surface area (Å²) in [6, 6.07) is 70.1. The van der Waals surface area contributed by atoms with E-state index < -0.39 is 16.9 Å². The Morgan fingerprint density at radius 2 is 0.928 bits per heavy atom. The summed E-state index contributed by atoms with van der Waals surface area (Å²) in [5, 5.41) is 12.4. The van der Waals surface area contributed by atoms with Gasteiger partial charge >= 0.3 is 11.4 Å². The largest absolute Gasteiger partial charge is 0.495 e. The fourth-order valence-electron chi connectivity index (χ4n) is 20.9. The molecule has 6 fully saturated rings. The number of hydrogen-bond donors (Lipinski definition) is 4. The molecule has 696 valence electrons. The molecule has 8 heterocycles. The Balaban J connectivity index is 0.000000119. The molecule has 30 heteroatoms. The van der Waals surface area contributed by atoms with Crippen LogP contribution in [0.3, 0.4) is 0 Å². The zero-order valence-corrected chi connectivity index (χ0v) is 75.5. The Hall–Kier alpha value is -16.3. The van der Waals surface area contributed by atoms with E-state index in [2.05, 4.69) is 55.5 Å². The quantitative estimate of drug-likeness (QED) is 0.0407. The number of carbonyl (C=O) groups is 8. The van der Waals surface area contributed by atoms with Crippen LogP contribution in [0.4, 0.5) is 27.1 Å². The van der Waals surface area contributed by atoms with Gasteiger partial charge in [-0.25, -0.2) is 23.9 Å². The number of fused-ring (bicyclic) bond motifs is 14. The summed E-state index contributed by atoms with van der Waals surface area (Å²) in [4.78, 5) is 193. The highest BCUT2D eigenvalue weighted by Crippen LogP contribution is 2.55. The van der Waals surface area contributed by atoms with Crippen LogP contribution >= 0.6 is 0 Å². The lowest BCUT2D eigenvalue weighted by Gasteiger charge is -2.28. The number of nitrogens with zero attached hydrogens (tertiary/aromatic N) is 10. The molecule has 6 aromatic heterocycles. The number of halogens is 1. The van der Waals surface area contributed by atoms with Crippen molar-refractivity contribution in [2.45, 2.75) is 110 Å². The van der Waals surface area contributed by atoms with Crippen LogP contribution in [-0.4, -0.2) is 97.4 Å². The Morgan fingerprint density at radius 3 is 1.50 bits per heavy atom. The average molecular weight is 1850 g/mol. The maximum absolute atomic E-state index is 13.8.